The van der Waals surface area contributed by atoms with E-state index in [1.807, 2.05) is 0 Å². The number of carbonyl (C=O) groups is 1. The Balaban J connectivity index is 3.40. The highest BCUT2D eigenvalue weighted by Gasteiger charge is 2.18. The molecule has 0 saturated carbocycles. The zero-order valence-electron chi connectivity index (χ0n) is 7.41. The van der Waals surface area contributed by atoms with Crippen LogP contribution in [0.1, 0.15) is 20.3 Å². The molecule has 4 nitrogen and oxygen atoms in total. The number of rotatable bonds is 6. The number of esters is 1. The van der Waals surface area contributed by atoms with Crippen LogP contribution in [0.15, 0.2) is 0 Å². The fraction of sp³-hybridized carbons (Fsp3) is 0.857. The first-order valence-corrected chi connectivity index (χ1v) is 5.30. The molecule has 1 unspecified atom stereocenters. The maximum Gasteiger partial charge on any atom is 0.508 e. The van der Waals surface area contributed by atoms with E-state index >= 15 is 0 Å². The number of hydrogen-bond acceptors (Lipinski definition) is 4. The van der Waals surface area contributed by atoms with Crippen molar-refractivity contribution in [2.24, 2.45) is 0 Å². The van der Waals surface area contributed by atoms with E-state index in [0.29, 0.717) is 13.2 Å². The molecule has 0 aromatic rings. The molecule has 0 fully saturated rings. The smallest absolute Gasteiger partial charge is 0.466 e. The van der Waals surface area contributed by atoms with Crippen LogP contribution in [-0.2, 0) is 18.6 Å². The molecule has 0 aliphatic heterocycles. The lowest BCUT2D eigenvalue weighted by molar-refractivity contribution is -0.142. The summed E-state index contributed by atoms with van der Waals surface area (Å²) in [4.78, 5) is 10.7. The van der Waals surface area contributed by atoms with E-state index in [1.54, 1.807) is 13.8 Å². The zero-order chi connectivity index (χ0) is 9.40. The maximum absolute atomic E-state index is 10.9. The molecule has 0 aromatic carbocycles. The second-order valence-electron chi connectivity index (χ2n) is 2.03. The van der Waals surface area contributed by atoms with Gasteiger partial charge in [0, 0.05) is 0 Å². The monoisotopic (exact) mass is 193 g/mol. The Kier molecular flexibility index (Phi) is 6.91. The molecule has 70 valence electrons. The molecule has 0 bridgehead atoms. The Morgan fingerprint density at radius 2 is 2.00 bits per heavy atom. The van der Waals surface area contributed by atoms with Crippen molar-refractivity contribution < 1.29 is 18.6 Å². The molecular formula is C7H14O4P+. The minimum absolute atomic E-state index is 0.170. The third-order valence-electron chi connectivity index (χ3n) is 1.08. The molecule has 0 rings (SSSR count). The van der Waals surface area contributed by atoms with E-state index in [0.717, 1.165) is 0 Å². The van der Waals surface area contributed by atoms with Crippen LogP contribution in [0.5, 0.6) is 0 Å². The van der Waals surface area contributed by atoms with Gasteiger partial charge in [-0.05, 0) is 18.4 Å². The first-order chi connectivity index (χ1) is 5.70. The van der Waals surface area contributed by atoms with Gasteiger partial charge < -0.3 is 4.74 Å². The number of carbonyl (C=O) groups excluding carboxylic acids is 1. The average Bonchev–Trinajstić information content (AvgIpc) is 2.02. The SMILES string of the molecule is CCOC(=O)CC[P+](=O)OCC. The summed E-state index contributed by atoms with van der Waals surface area (Å²) in [7, 11) is -1.67. The van der Waals surface area contributed by atoms with Gasteiger partial charge in [-0.1, -0.05) is 0 Å². The van der Waals surface area contributed by atoms with Gasteiger partial charge in [0.15, 0.2) is 6.16 Å². The Hall–Kier alpha value is -0.470. The predicted molar refractivity (Wildman–Crippen MR) is 45.3 cm³/mol. The van der Waals surface area contributed by atoms with Crippen LogP contribution >= 0.6 is 8.03 Å². The van der Waals surface area contributed by atoms with Crippen LogP contribution in [0.25, 0.3) is 0 Å². The summed E-state index contributed by atoms with van der Waals surface area (Å²) in [6.07, 6.45) is 0.422. The molecule has 0 aromatic heterocycles. The summed E-state index contributed by atoms with van der Waals surface area (Å²) in [6.45, 7) is 4.28. The van der Waals surface area contributed by atoms with Crippen molar-refractivity contribution in [3.63, 3.8) is 0 Å². The Morgan fingerprint density at radius 1 is 1.33 bits per heavy atom. The lowest BCUT2D eigenvalue weighted by atomic mass is 10.5. The highest BCUT2D eigenvalue weighted by atomic mass is 31.1. The highest BCUT2D eigenvalue weighted by Crippen LogP contribution is 2.22. The molecule has 5 heteroatoms. The van der Waals surface area contributed by atoms with E-state index in [1.165, 1.54) is 0 Å². The lowest BCUT2D eigenvalue weighted by Crippen LogP contribution is -2.04. The quantitative estimate of drug-likeness (QED) is 0.476. The maximum atomic E-state index is 10.9. The van der Waals surface area contributed by atoms with Crippen molar-refractivity contribution in [2.75, 3.05) is 19.4 Å². The van der Waals surface area contributed by atoms with Crippen molar-refractivity contribution >= 4 is 14.0 Å². The minimum atomic E-state index is -1.67. The van der Waals surface area contributed by atoms with Crippen LogP contribution in [-0.4, -0.2) is 25.3 Å². The average molecular weight is 193 g/mol. The highest BCUT2D eigenvalue weighted by molar-refractivity contribution is 7.39. The summed E-state index contributed by atoms with van der Waals surface area (Å²) in [5.41, 5.74) is 0. The fourth-order valence-electron chi connectivity index (χ4n) is 0.624. The third-order valence-corrected chi connectivity index (χ3v) is 2.21. The summed E-state index contributed by atoms with van der Waals surface area (Å²) in [5.74, 6) is -0.319. The Bertz CT molecular complexity index is 139. The first-order valence-electron chi connectivity index (χ1n) is 3.93. The van der Waals surface area contributed by atoms with Gasteiger partial charge in [0.25, 0.3) is 0 Å². The van der Waals surface area contributed by atoms with Crippen molar-refractivity contribution in [1.29, 1.82) is 0 Å². The van der Waals surface area contributed by atoms with Gasteiger partial charge >= 0.3 is 14.0 Å². The molecule has 0 N–H and O–H groups in total. The van der Waals surface area contributed by atoms with Gasteiger partial charge in [0.1, 0.15) is 0 Å². The molecular weight excluding hydrogens is 179 g/mol. The second-order valence-corrected chi connectivity index (χ2v) is 3.40. The fourth-order valence-corrected chi connectivity index (χ4v) is 1.41. The first kappa shape index (κ1) is 11.5. The second kappa shape index (κ2) is 7.19. The largest absolute Gasteiger partial charge is 0.508 e. The lowest BCUT2D eigenvalue weighted by Gasteiger charge is -1.95. The van der Waals surface area contributed by atoms with Crippen molar-refractivity contribution in [1.82, 2.24) is 0 Å². The van der Waals surface area contributed by atoms with Gasteiger partial charge in [-0.2, -0.15) is 0 Å². The van der Waals surface area contributed by atoms with Crippen LogP contribution in [0.3, 0.4) is 0 Å². The van der Waals surface area contributed by atoms with Crippen molar-refractivity contribution in [3.8, 4) is 0 Å². The summed E-state index contributed by atoms with van der Waals surface area (Å²) >= 11 is 0. The standard InChI is InChI=1S/C7H14O4P/c1-3-10-7(8)5-6-12(9)11-4-2/h3-6H2,1-2H3/q+1. The van der Waals surface area contributed by atoms with Gasteiger partial charge in [-0.25, -0.2) is 0 Å². The van der Waals surface area contributed by atoms with Crippen molar-refractivity contribution in [2.45, 2.75) is 20.3 Å². The Labute approximate surface area is 73.1 Å². The van der Waals surface area contributed by atoms with Crippen LogP contribution in [0.2, 0.25) is 0 Å². The third kappa shape index (κ3) is 6.25. The van der Waals surface area contributed by atoms with Gasteiger partial charge in [0.05, 0.1) is 19.6 Å². The van der Waals surface area contributed by atoms with E-state index in [9.17, 15) is 9.36 Å². The Morgan fingerprint density at radius 3 is 2.50 bits per heavy atom. The molecule has 0 radical (unpaired) electrons. The molecule has 0 saturated heterocycles. The van der Waals surface area contributed by atoms with E-state index in [-0.39, 0.29) is 18.6 Å². The zero-order valence-corrected chi connectivity index (χ0v) is 8.30. The van der Waals surface area contributed by atoms with Crippen LogP contribution in [0, 0.1) is 0 Å². The predicted octanol–water partition coefficient (Wildman–Crippen LogP) is 1.72. The van der Waals surface area contributed by atoms with Gasteiger partial charge in [-0.3, -0.25) is 4.79 Å². The molecule has 0 heterocycles. The van der Waals surface area contributed by atoms with E-state index in [4.69, 9.17) is 4.52 Å². The number of ether oxygens (including phenoxy) is 1. The molecule has 0 amide bonds. The van der Waals surface area contributed by atoms with Gasteiger partial charge in [0.2, 0.25) is 0 Å². The molecule has 0 spiro atoms. The van der Waals surface area contributed by atoms with Crippen LogP contribution in [0.4, 0.5) is 0 Å². The molecule has 12 heavy (non-hydrogen) atoms. The minimum Gasteiger partial charge on any atom is -0.466 e. The topological polar surface area (TPSA) is 52.6 Å². The van der Waals surface area contributed by atoms with Gasteiger partial charge in [-0.15, -0.1) is 4.52 Å². The molecule has 1 atom stereocenters. The molecule has 0 aliphatic carbocycles. The van der Waals surface area contributed by atoms with Crippen LogP contribution < -0.4 is 0 Å². The van der Waals surface area contributed by atoms with Crippen molar-refractivity contribution in [3.05, 3.63) is 0 Å². The molecule has 0 aliphatic rings. The summed E-state index contributed by atoms with van der Waals surface area (Å²) < 4.78 is 20.3. The van der Waals surface area contributed by atoms with E-state index < -0.39 is 8.03 Å². The summed E-state index contributed by atoms with van der Waals surface area (Å²) in [6, 6.07) is 0. The number of hydrogen-bond donors (Lipinski definition) is 0. The summed E-state index contributed by atoms with van der Waals surface area (Å²) in [5, 5.41) is 0. The normalized spacial score (nSPS) is 11.0. The van der Waals surface area contributed by atoms with E-state index in [2.05, 4.69) is 4.74 Å².